The first kappa shape index (κ1) is 13.8. The van der Waals surface area contributed by atoms with Crippen molar-refractivity contribution in [1.29, 1.82) is 0 Å². The third-order valence-corrected chi connectivity index (χ3v) is 4.15. The highest BCUT2D eigenvalue weighted by molar-refractivity contribution is 5.89. The summed E-state index contributed by atoms with van der Waals surface area (Å²) in [6.07, 6.45) is 1.26. The van der Waals surface area contributed by atoms with Crippen molar-refractivity contribution in [1.82, 2.24) is 9.80 Å². The highest BCUT2D eigenvalue weighted by Gasteiger charge is 2.54. The molecule has 1 amide bonds. The fourth-order valence-corrected chi connectivity index (χ4v) is 3.14. The maximum Gasteiger partial charge on any atom is 0.232 e. The Morgan fingerprint density at radius 2 is 2.11 bits per heavy atom. The zero-order valence-corrected chi connectivity index (χ0v) is 11.3. The van der Waals surface area contributed by atoms with Gasteiger partial charge in [0.25, 0.3) is 0 Å². The van der Waals surface area contributed by atoms with Crippen molar-refractivity contribution in [3.8, 4) is 0 Å². The Bertz CT molecular complexity index is 321. The van der Waals surface area contributed by atoms with Crippen molar-refractivity contribution in [3.05, 3.63) is 0 Å². The number of aliphatic hydroxyl groups excluding tert-OH is 2. The molecule has 2 rings (SSSR count). The average Bonchev–Trinajstić information content (AvgIpc) is 2.35. The van der Waals surface area contributed by atoms with Crippen LogP contribution in [-0.2, 0) is 4.79 Å². The van der Waals surface area contributed by atoms with E-state index >= 15 is 0 Å². The molecule has 2 N–H and O–H groups in total. The Hall–Kier alpha value is -0.650. The summed E-state index contributed by atoms with van der Waals surface area (Å²) in [4.78, 5) is 16.3. The van der Waals surface area contributed by atoms with E-state index in [0.717, 1.165) is 32.5 Å². The van der Waals surface area contributed by atoms with Crippen LogP contribution in [0, 0.1) is 5.41 Å². The third kappa shape index (κ3) is 2.39. The highest BCUT2D eigenvalue weighted by atomic mass is 16.3. The number of rotatable bonds is 4. The summed E-state index contributed by atoms with van der Waals surface area (Å²) in [5, 5.41) is 18.4. The largest absolute Gasteiger partial charge is 0.394 e. The van der Waals surface area contributed by atoms with Gasteiger partial charge in [-0.3, -0.25) is 9.69 Å². The second-order valence-electron chi connectivity index (χ2n) is 5.98. The van der Waals surface area contributed by atoms with Gasteiger partial charge < -0.3 is 15.1 Å². The lowest BCUT2D eigenvalue weighted by molar-refractivity contribution is -0.170. The molecule has 5 heteroatoms. The fraction of sp³-hybridized carbons (Fsp3) is 0.923. The molecular formula is C13H24N2O3. The standard InChI is InChI=1S/C13H24N2O3/c1-10(2)15-9-13(12(15)18)4-3-5-14(8-13)6-11(17)7-16/h10-11,16-17H,3-9H2,1-2H3/t11-,13+/m1/s1. The molecule has 2 atom stereocenters. The van der Waals surface area contributed by atoms with Gasteiger partial charge in [-0.05, 0) is 33.2 Å². The summed E-state index contributed by atoms with van der Waals surface area (Å²) < 4.78 is 0. The zero-order valence-electron chi connectivity index (χ0n) is 11.3. The number of aliphatic hydroxyl groups is 2. The quantitative estimate of drug-likeness (QED) is 0.676. The van der Waals surface area contributed by atoms with Crippen molar-refractivity contribution >= 4 is 5.91 Å². The van der Waals surface area contributed by atoms with E-state index in [4.69, 9.17) is 5.11 Å². The molecule has 2 aliphatic rings. The van der Waals surface area contributed by atoms with E-state index in [0.29, 0.717) is 6.54 Å². The number of nitrogens with zero attached hydrogens (tertiary/aromatic N) is 2. The molecule has 0 unspecified atom stereocenters. The van der Waals surface area contributed by atoms with Crippen LogP contribution in [0.4, 0.5) is 0 Å². The SMILES string of the molecule is CC(C)N1C[C@@]2(CCCN(C[C@@H](O)CO)C2)C1=O. The number of piperidine rings is 1. The molecule has 0 aromatic heterocycles. The van der Waals surface area contributed by atoms with Gasteiger partial charge in [0, 0.05) is 25.7 Å². The molecule has 5 nitrogen and oxygen atoms in total. The van der Waals surface area contributed by atoms with Gasteiger partial charge in [-0.1, -0.05) is 0 Å². The van der Waals surface area contributed by atoms with Crippen LogP contribution in [0.5, 0.6) is 0 Å². The van der Waals surface area contributed by atoms with E-state index in [1.54, 1.807) is 0 Å². The summed E-state index contributed by atoms with van der Waals surface area (Å²) in [5.41, 5.74) is -0.211. The Morgan fingerprint density at radius 1 is 1.39 bits per heavy atom. The van der Waals surface area contributed by atoms with Crippen LogP contribution in [0.25, 0.3) is 0 Å². The molecule has 2 heterocycles. The Kier molecular flexibility index (Phi) is 3.94. The number of β-amino-alcohol motifs (C(OH)–C–C–N with tert-alkyl or cyclic N) is 1. The molecule has 0 aromatic carbocycles. The maximum absolute atomic E-state index is 12.3. The van der Waals surface area contributed by atoms with Gasteiger partial charge in [0.05, 0.1) is 18.1 Å². The van der Waals surface area contributed by atoms with E-state index in [1.165, 1.54) is 0 Å². The van der Waals surface area contributed by atoms with Crippen molar-refractivity contribution in [2.24, 2.45) is 5.41 Å². The third-order valence-electron chi connectivity index (χ3n) is 4.15. The Morgan fingerprint density at radius 3 is 2.67 bits per heavy atom. The molecule has 104 valence electrons. The molecule has 0 saturated carbocycles. The molecular weight excluding hydrogens is 232 g/mol. The van der Waals surface area contributed by atoms with Gasteiger partial charge in [-0.25, -0.2) is 0 Å². The van der Waals surface area contributed by atoms with Gasteiger partial charge >= 0.3 is 0 Å². The van der Waals surface area contributed by atoms with Crippen LogP contribution in [-0.4, -0.2) is 70.9 Å². The van der Waals surface area contributed by atoms with Gasteiger partial charge in [0.2, 0.25) is 5.91 Å². The van der Waals surface area contributed by atoms with E-state index < -0.39 is 6.10 Å². The van der Waals surface area contributed by atoms with Crippen LogP contribution < -0.4 is 0 Å². The smallest absolute Gasteiger partial charge is 0.232 e. The predicted octanol–water partition coefficient (Wildman–Crippen LogP) is -0.328. The summed E-state index contributed by atoms with van der Waals surface area (Å²) in [6, 6.07) is 0.279. The number of amides is 1. The molecule has 2 fully saturated rings. The lowest BCUT2D eigenvalue weighted by atomic mass is 9.71. The van der Waals surface area contributed by atoms with Crippen LogP contribution in [0.1, 0.15) is 26.7 Å². The van der Waals surface area contributed by atoms with Crippen LogP contribution >= 0.6 is 0 Å². The van der Waals surface area contributed by atoms with Crippen molar-refractivity contribution in [3.63, 3.8) is 0 Å². The second kappa shape index (κ2) is 5.15. The molecule has 0 aliphatic carbocycles. The summed E-state index contributed by atoms with van der Waals surface area (Å²) in [6.45, 7) is 6.82. The minimum absolute atomic E-state index is 0.211. The predicted molar refractivity (Wildman–Crippen MR) is 68.0 cm³/mol. The van der Waals surface area contributed by atoms with E-state index in [9.17, 15) is 9.90 Å². The fourth-order valence-electron chi connectivity index (χ4n) is 3.14. The van der Waals surface area contributed by atoms with E-state index in [-0.39, 0.29) is 24.0 Å². The normalized spacial score (nSPS) is 30.9. The zero-order chi connectivity index (χ0) is 13.3. The van der Waals surface area contributed by atoms with E-state index in [1.807, 2.05) is 18.7 Å². The van der Waals surface area contributed by atoms with Crippen LogP contribution in [0.3, 0.4) is 0 Å². The number of β-lactam (4-membered cyclic amide) rings is 1. The first-order valence-electron chi connectivity index (χ1n) is 6.81. The average molecular weight is 256 g/mol. The number of carbonyl (C=O) groups is 1. The Labute approximate surface area is 108 Å². The highest BCUT2D eigenvalue weighted by Crippen LogP contribution is 2.41. The Balaban J connectivity index is 1.94. The minimum Gasteiger partial charge on any atom is -0.394 e. The van der Waals surface area contributed by atoms with Gasteiger partial charge in [0.15, 0.2) is 0 Å². The second-order valence-corrected chi connectivity index (χ2v) is 5.98. The maximum atomic E-state index is 12.3. The van der Waals surface area contributed by atoms with Gasteiger partial charge in [0.1, 0.15) is 0 Å². The minimum atomic E-state index is -0.698. The summed E-state index contributed by atoms with van der Waals surface area (Å²) in [5.74, 6) is 0.265. The van der Waals surface area contributed by atoms with Crippen molar-refractivity contribution < 1.29 is 15.0 Å². The monoisotopic (exact) mass is 256 g/mol. The first-order chi connectivity index (χ1) is 8.48. The first-order valence-corrected chi connectivity index (χ1v) is 6.81. The van der Waals surface area contributed by atoms with Gasteiger partial charge in [-0.15, -0.1) is 0 Å². The molecule has 18 heavy (non-hydrogen) atoms. The number of carbonyl (C=O) groups excluding carboxylic acids is 1. The summed E-state index contributed by atoms with van der Waals surface area (Å²) >= 11 is 0. The molecule has 0 aromatic rings. The van der Waals surface area contributed by atoms with E-state index in [2.05, 4.69) is 4.90 Å². The molecule has 0 radical (unpaired) electrons. The lowest BCUT2D eigenvalue weighted by Gasteiger charge is -2.54. The van der Waals surface area contributed by atoms with Crippen molar-refractivity contribution in [2.75, 3.05) is 32.8 Å². The van der Waals surface area contributed by atoms with Crippen LogP contribution in [0.2, 0.25) is 0 Å². The topological polar surface area (TPSA) is 64.0 Å². The number of likely N-dealkylation sites (tertiary alicyclic amines) is 2. The molecule has 2 aliphatic heterocycles. The number of hydrogen-bond donors (Lipinski definition) is 2. The lowest BCUT2D eigenvalue weighted by Crippen LogP contribution is -2.68. The molecule has 2 saturated heterocycles. The number of hydrogen-bond acceptors (Lipinski definition) is 4. The molecule has 1 spiro atoms. The molecule has 0 bridgehead atoms. The summed E-state index contributed by atoms with van der Waals surface area (Å²) in [7, 11) is 0. The van der Waals surface area contributed by atoms with Crippen molar-refractivity contribution in [2.45, 2.75) is 38.8 Å². The van der Waals surface area contributed by atoms with Gasteiger partial charge in [-0.2, -0.15) is 0 Å². The van der Waals surface area contributed by atoms with Crippen LogP contribution in [0.15, 0.2) is 0 Å².